The molecule has 0 aliphatic heterocycles. The van der Waals surface area contributed by atoms with Crippen molar-refractivity contribution in [3.63, 3.8) is 0 Å². The van der Waals surface area contributed by atoms with Gasteiger partial charge in [0.1, 0.15) is 5.76 Å². The standard InChI is InChI=1S/C17H20ClN3O/c1-3-11-21(12-13-7-5-4-6-8-13)15-10-9-14(20-19)16(18)17(15)22-2/h4-10,16H,3,11-12H2,1-2H3. The highest BCUT2D eigenvalue weighted by Crippen LogP contribution is 2.26. The van der Waals surface area contributed by atoms with E-state index in [2.05, 4.69) is 28.7 Å². The van der Waals surface area contributed by atoms with Crippen LogP contribution in [0.25, 0.3) is 5.53 Å². The number of hydrogen-bond acceptors (Lipinski definition) is 2. The number of ether oxygens (including phenoxy) is 1. The molecule has 5 heteroatoms. The number of hydrogen-bond donors (Lipinski definition) is 0. The predicted octanol–water partition coefficient (Wildman–Crippen LogP) is 3.60. The highest BCUT2D eigenvalue weighted by Gasteiger charge is 2.32. The van der Waals surface area contributed by atoms with E-state index in [1.54, 1.807) is 13.2 Å². The second kappa shape index (κ2) is 7.83. The fraction of sp³-hybridized carbons (Fsp3) is 0.353. The molecular formula is C17H20ClN3O. The molecule has 0 fully saturated rings. The molecule has 1 atom stereocenters. The molecule has 0 radical (unpaired) electrons. The molecule has 1 aromatic carbocycles. The third-order valence-corrected chi connectivity index (χ3v) is 3.96. The summed E-state index contributed by atoms with van der Waals surface area (Å²) in [7, 11) is 1.59. The van der Waals surface area contributed by atoms with Crippen LogP contribution in [0.3, 0.4) is 0 Å². The van der Waals surface area contributed by atoms with Gasteiger partial charge in [0.25, 0.3) is 0 Å². The molecule has 116 valence electrons. The van der Waals surface area contributed by atoms with Gasteiger partial charge in [-0.05, 0) is 18.1 Å². The Labute approximate surface area is 136 Å². The van der Waals surface area contributed by atoms with Crippen molar-refractivity contribution in [3.8, 4) is 0 Å². The minimum absolute atomic E-state index is 0.387. The van der Waals surface area contributed by atoms with E-state index in [0.29, 0.717) is 11.5 Å². The molecule has 4 nitrogen and oxygen atoms in total. The predicted molar refractivity (Wildman–Crippen MR) is 88.6 cm³/mol. The Morgan fingerprint density at radius 3 is 2.59 bits per heavy atom. The maximum absolute atomic E-state index is 9.00. The monoisotopic (exact) mass is 317 g/mol. The molecule has 1 aliphatic rings. The first kappa shape index (κ1) is 16.3. The van der Waals surface area contributed by atoms with E-state index in [1.807, 2.05) is 24.3 Å². The van der Waals surface area contributed by atoms with Crippen molar-refractivity contribution < 1.29 is 9.53 Å². The van der Waals surface area contributed by atoms with E-state index in [9.17, 15) is 0 Å². The minimum atomic E-state index is -0.579. The summed E-state index contributed by atoms with van der Waals surface area (Å²) in [6.45, 7) is 3.80. The zero-order valence-corrected chi connectivity index (χ0v) is 13.6. The minimum Gasteiger partial charge on any atom is -0.497 e. The van der Waals surface area contributed by atoms with E-state index in [0.717, 1.165) is 25.2 Å². The van der Waals surface area contributed by atoms with Gasteiger partial charge in [-0.2, -0.15) is 4.79 Å². The van der Waals surface area contributed by atoms with Crippen molar-refractivity contribution in [1.82, 2.24) is 4.90 Å². The number of methoxy groups -OCH3 is 1. The highest BCUT2D eigenvalue weighted by molar-refractivity contribution is 6.35. The Hall–Kier alpha value is -2.03. The number of allylic oxidation sites excluding steroid dienone is 3. The third kappa shape index (κ3) is 3.59. The zero-order valence-electron chi connectivity index (χ0n) is 12.9. The lowest BCUT2D eigenvalue weighted by Crippen LogP contribution is -2.31. The molecule has 0 spiro atoms. The summed E-state index contributed by atoms with van der Waals surface area (Å²) in [5.74, 6) is 0.612. The molecule has 0 heterocycles. The van der Waals surface area contributed by atoms with Gasteiger partial charge in [0.15, 0.2) is 5.38 Å². The van der Waals surface area contributed by atoms with Gasteiger partial charge in [0, 0.05) is 19.2 Å². The highest BCUT2D eigenvalue weighted by atomic mass is 35.5. The second-order valence-corrected chi connectivity index (χ2v) is 5.52. The van der Waals surface area contributed by atoms with Gasteiger partial charge in [-0.1, -0.05) is 37.3 Å². The number of alkyl halides is 1. The van der Waals surface area contributed by atoms with Crippen molar-refractivity contribution in [3.05, 3.63) is 65.0 Å². The molecule has 1 aromatic rings. The normalized spacial score (nSPS) is 17.4. The Kier molecular flexibility index (Phi) is 5.82. The van der Waals surface area contributed by atoms with Gasteiger partial charge < -0.3 is 15.2 Å². The molecule has 0 saturated heterocycles. The Morgan fingerprint density at radius 1 is 1.27 bits per heavy atom. The van der Waals surface area contributed by atoms with Gasteiger partial charge in [-0.15, -0.1) is 11.6 Å². The molecule has 1 aliphatic carbocycles. The van der Waals surface area contributed by atoms with Crippen molar-refractivity contribution >= 4 is 17.3 Å². The molecule has 0 saturated carbocycles. The first-order valence-electron chi connectivity index (χ1n) is 7.32. The maximum atomic E-state index is 9.00. The molecule has 0 N–H and O–H groups in total. The summed E-state index contributed by atoms with van der Waals surface area (Å²) in [6.07, 6.45) is 4.63. The number of rotatable bonds is 6. The van der Waals surface area contributed by atoms with Gasteiger partial charge >= 0.3 is 5.71 Å². The van der Waals surface area contributed by atoms with E-state index >= 15 is 0 Å². The topological polar surface area (TPSA) is 48.9 Å². The second-order valence-electron chi connectivity index (χ2n) is 5.08. The average molecular weight is 318 g/mol. The van der Waals surface area contributed by atoms with Gasteiger partial charge in [0.05, 0.1) is 12.8 Å². The van der Waals surface area contributed by atoms with E-state index in [1.165, 1.54) is 5.56 Å². The summed E-state index contributed by atoms with van der Waals surface area (Å²) >= 11 is 6.34. The maximum Gasteiger partial charge on any atom is 0.317 e. The molecule has 22 heavy (non-hydrogen) atoms. The summed E-state index contributed by atoms with van der Waals surface area (Å²) < 4.78 is 5.48. The van der Waals surface area contributed by atoms with Crippen LogP contribution in [0.2, 0.25) is 0 Å². The number of halogens is 1. The molecule has 0 bridgehead atoms. The van der Waals surface area contributed by atoms with Crippen LogP contribution in [-0.4, -0.2) is 34.4 Å². The van der Waals surface area contributed by atoms with Crippen molar-refractivity contribution in [2.45, 2.75) is 25.3 Å². The van der Waals surface area contributed by atoms with E-state index in [4.69, 9.17) is 21.9 Å². The lowest BCUT2D eigenvalue weighted by molar-refractivity contribution is -0.00647. The van der Waals surface area contributed by atoms with Crippen LogP contribution in [0.4, 0.5) is 0 Å². The largest absolute Gasteiger partial charge is 0.497 e. The molecular weight excluding hydrogens is 298 g/mol. The number of benzene rings is 1. The first-order valence-corrected chi connectivity index (χ1v) is 7.76. The van der Waals surface area contributed by atoms with E-state index in [-0.39, 0.29) is 0 Å². The summed E-state index contributed by atoms with van der Waals surface area (Å²) in [5, 5.41) is -0.579. The van der Waals surface area contributed by atoms with Crippen LogP contribution in [0.5, 0.6) is 0 Å². The fourth-order valence-electron chi connectivity index (χ4n) is 2.51. The quantitative estimate of drug-likeness (QED) is 0.457. The summed E-state index contributed by atoms with van der Waals surface area (Å²) in [5.41, 5.74) is 11.5. The Balaban J connectivity index is 2.34. The Morgan fingerprint density at radius 2 is 2.00 bits per heavy atom. The average Bonchev–Trinajstić information content (AvgIpc) is 2.55. The first-order chi connectivity index (χ1) is 10.7. The third-order valence-electron chi connectivity index (χ3n) is 3.54. The SMILES string of the molecule is CCCN(Cc1ccccc1)C1=C(OC)C(Cl)C(=[N+]=[N-])C=C1. The van der Waals surface area contributed by atoms with Crippen molar-refractivity contribution in [2.24, 2.45) is 0 Å². The lowest BCUT2D eigenvalue weighted by atomic mass is 10.1. The zero-order chi connectivity index (χ0) is 15.9. The van der Waals surface area contributed by atoms with Crippen LogP contribution in [-0.2, 0) is 11.3 Å². The molecule has 2 rings (SSSR count). The van der Waals surface area contributed by atoms with Crippen LogP contribution in [0, 0.1) is 0 Å². The van der Waals surface area contributed by atoms with Gasteiger partial charge in [-0.25, -0.2) is 0 Å². The van der Waals surface area contributed by atoms with Gasteiger partial charge in [-0.3, -0.25) is 0 Å². The van der Waals surface area contributed by atoms with Crippen molar-refractivity contribution in [1.29, 1.82) is 0 Å². The van der Waals surface area contributed by atoms with Crippen LogP contribution >= 0.6 is 11.6 Å². The van der Waals surface area contributed by atoms with E-state index < -0.39 is 5.38 Å². The smallest absolute Gasteiger partial charge is 0.317 e. The van der Waals surface area contributed by atoms with Crippen LogP contribution < -0.4 is 0 Å². The van der Waals surface area contributed by atoms with Gasteiger partial charge in [0.2, 0.25) is 0 Å². The molecule has 1 unspecified atom stereocenters. The lowest BCUT2D eigenvalue weighted by Gasteiger charge is -2.29. The Bertz CT molecular complexity index is 618. The van der Waals surface area contributed by atoms with Crippen LogP contribution in [0.15, 0.2) is 53.9 Å². The number of nitrogens with zero attached hydrogens (tertiary/aromatic N) is 3. The summed E-state index contributed by atoms with van der Waals surface area (Å²) in [6, 6.07) is 10.3. The molecule has 0 aromatic heterocycles. The van der Waals surface area contributed by atoms with Crippen LogP contribution in [0.1, 0.15) is 18.9 Å². The fourth-order valence-corrected chi connectivity index (χ4v) is 2.82. The van der Waals surface area contributed by atoms with Crippen molar-refractivity contribution in [2.75, 3.05) is 13.7 Å². The summed E-state index contributed by atoms with van der Waals surface area (Å²) in [4.78, 5) is 5.45. The molecule has 0 amide bonds.